The van der Waals surface area contributed by atoms with Crippen LogP contribution in [-0.4, -0.2) is 34.3 Å². The number of aromatic nitrogens is 2. The van der Waals surface area contributed by atoms with Crippen molar-refractivity contribution in [2.45, 2.75) is 39.2 Å². The van der Waals surface area contributed by atoms with Crippen LogP contribution >= 0.6 is 0 Å². The number of hydrogen-bond donors (Lipinski definition) is 3. The van der Waals surface area contributed by atoms with Gasteiger partial charge in [0.1, 0.15) is 5.82 Å². The van der Waals surface area contributed by atoms with Crippen LogP contribution in [-0.2, 0) is 0 Å². The summed E-state index contributed by atoms with van der Waals surface area (Å²) in [5.74, 6) is 1.89. The van der Waals surface area contributed by atoms with Crippen LogP contribution in [0.5, 0.6) is 0 Å². The molecule has 3 N–H and O–H groups in total. The smallest absolute Gasteiger partial charge is 0.224 e. The van der Waals surface area contributed by atoms with E-state index in [2.05, 4.69) is 20.6 Å². The standard InChI is InChI=1S/C13H22N4O/c1-3-14-13-15-7-9(2)12(17-13)16-11-6-4-5-10(11)8-18/h7,10-11,18H,3-6,8H2,1-2H3,(H2,14,15,16,17). The van der Waals surface area contributed by atoms with E-state index in [1.54, 1.807) is 0 Å². The number of hydrogen-bond acceptors (Lipinski definition) is 5. The molecule has 2 rings (SSSR count). The van der Waals surface area contributed by atoms with Gasteiger partial charge in [0.2, 0.25) is 5.95 Å². The molecule has 0 aliphatic heterocycles. The van der Waals surface area contributed by atoms with Crippen LogP contribution in [0.1, 0.15) is 31.7 Å². The van der Waals surface area contributed by atoms with Gasteiger partial charge in [0, 0.05) is 36.9 Å². The second-order valence-electron chi connectivity index (χ2n) is 4.88. The molecule has 1 fully saturated rings. The molecule has 1 aromatic rings. The summed E-state index contributed by atoms with van der Waals surface area (Å²) in [5.41, 5.74) is 1.04. The van der Waals surface area contributed by atoms with E-state index in [1.807, 2.05) is 20.0 Å². The fourth-order valence-electron chi connectivity index (χ4n) is 2.45. The van der Waals surface area contributed by atoms with Crippen LogP contribution in [0.15, 0.2) is 6.20 Å². The minimum atomic E-state index is 0.252. The fraction of sp³-hybridized carbons (Fsp3) is 0.692. The lowest BCUT2D eigenvalue weighted by Gasteiger charge is -2.21. The van der Waals surface area contributed by atoms with E-state index in [-0.39, 0.29) is 6.61 Å². The van der Waals surface area contributed by atoms with Crippen LogP contribution in [0.4, 0.5) is 11.8 Å². The highest BCUT2D eigenvalue weighted by atomic mass is 16.3. The molecule has 18 heavy (non-hydrogen) atoms. The molecule has 0 amide bonds. The van der Waals surface area contributed by atoms with Crippen molar-refractivity contribution in [1.82, 2.24) is 9.97 Å². The Balaban J connectivity index is 2.09. The molecule has 0 aromatic carbocycles. The maximum atomic E-state index is 9.34. The number of aryl methyl sites for hydroxylation is 1. The second-order valence-corrected chi connectivity index (χ2v) is 4.88. The molecule has 5 heteroatoms. The van der Waals surface area contributed by atoms with Crippen LogP contribution in [0, 0.1) is 12.8 Å². The Morgan fingerprint density at radius 2 is 2.28 bits per heavy atom. The van der Waals surface area contributed by atoms with Crippen molar-refractivity contribution in [3.8, 4) is 0 Å². The average Bonchev–Trinajstić information content (AvgIpc) is 2.81. The Hall–Kier alpha value is -1.36. The lowest BCUT2D eigenvalue weighted by atomic mass is 10.1. The molecular formula is C13H22N4O. The molecule has 1 aromatic heterocycles. The first-order chi connectivity index (χ1) is 8.74. The maximum Gasteiger partial charge on any atom is 0.224 e. The topological polar surface area (TPSA) is 70.1 Å². The van der Waals surface area contributed by atoms with E-state index in [9.17, 15) is 5.11 Å². The summed E-state index contributed by atoms with van der Waals surface area (Å²) in [5, 5.41) is 15.9. The third kappa shape index (κ3) is 2.90. The zero-order chi connectivity index (χ0) is 13.0. The van der Waals surface area contributed by atoms with Gasteiger partial charge in [-0.1, -0.05) is 6.42 Å². The highest BCUT2D eigenvalue weighted by Crippen LogP contribution is 2.28. The third-order valence-electron chi connectivity index (χ3n) is 3.52. The van der Waals surface area contributed by atoms with Gasteiger partial charge in [0.05, 0.1) is 0 Å². The number of nitrogens with zero attached hydrogens (tertiary/aromatic N) is 2. The minimum absolute atomic E-state index is 0.252. The lowest BCUT2D eigenvalue weighted by Crippen LogP contribution is -2.27. The first-order valence-electron chi connectivity index (χ1n) is 6.69. The quantitative estimate of drug-likeness (QED) is 0.743. The first-order valence-corrected chi connectivity index (χ1v) is 6.69. The monoisotopic (exact) mass is 250 g/mol. The van der Waals surface area contributed by atoms with E-state index < -0.39 is 0 Å². The fourth-order valence-corrected chi connectivity index (χ4v) is 2.45. The van der Waals surface area contributed by atoms with E-state index in [0.29, 0.717) is 17.9 Å². The number of nitrogens with one attached hydrogen (secondary N) is 2. The Labute approximate surface area is 108 Å². The number of aliphatic hydroxyl groups is 1. The molecular weight excluding hydrogens is 228 g/mol. The summed E-state index contributed by atoms with van der Waals surface area (Å²) in [6, 6.07) is 0.332. The molecule has 2 atom stereocenters. The molecule has 0 saturated heterocycles. The molecule has 100 valence electrons. The maximum absolute atomic E-state index is 9.34. The molecule has 1 aliphatic carbocycles. The number of aliphatic hydroxyl groups excluding tert-OH is 1. The summed E-state index contributed by atoms with van der Waals surface area (Å²) in [7, 11) is 0. The molecule has 0 spiro atoms. The van der Waals surface area contributed by atoms with Gasteiger partial charge < -0.3 is 15.7 Å². The van der Waals surface area contributed by atoms with Gasteiger partial charge in [-0.15, -0.1) is 0 Å². The normalized spacial score (nSPS) is 23.1. The minimum Gasteiger partial charge on any atom is -0.396 e. The van der Waals surface area contributed by atoms with Crippen molar-refractivity contribution < 1.29 is 5.11 Å². The summed E-state index contributed by atoms with van der Waals surface area (Å²) in [6.45, 7) is 5.09. The molecule has 1 saturated carbocycles. The zero-order valence-electron chi connectivity index (χ0n) is 11.1. The number of rotatable bonds is 5. The van der Waals surface area contributed by atoms with Crippen LogP contribution < -0.4 is 10.6 Å². The molecule has 5 nitrogen and oxygen atoms in total. The first kappa shape index (κ1) is 13.1. The molecule has 0 bridgehead atoms. The van der Waals surface area contributed by atoms with Crippen LogP contribution in [0.3, 0.4) is 0 Å². The van der Waals surface area contributed by atoms with Crippen LogP contribution in [0.2, 0.25) is 0 Å². The van der Waals surface area contributed by atoms with Gasteiger partial charge in [-0.25, -0.2) is 4.98 Å². The molecule has 1 heterocycles. The molecule has 2 unspecified atom stereocenters. The number of anilines is 2. The van der Waals surface area contributed by atoms with Crippen molar-refractivity contribution in [2.24, 2.45) is 5.92 Å². The summed E-state index contributed by atoms with van der Waals surface area (Å²) >= 11 is 0. The molecule has 1 aliphatic rings. The van der Waals surface area contributed by atoms with Gasteiger partial charge in [-0.05, 0) is 26.7 Å². The van der Waals surface area contributed by atoms with Crippen molar-refractivity contribution in [2.75, 3.05) is 23.8 Å². The van der Waals surface area contributed by atoms with E-state index in [4.69, 9.17) is 0 Å². The van der Waals surface area contributed by atoms with Gasteiger partial charge in [0.15, 0.2) is 0 Å². The highest BCUT2D eigenvalue weighted by molar-refractivity contribution is 5.47. The summed E-state index contributed by atoms with van der Waals surface area (Å²) in [6.07, 6.45) is 5.20. The molecule has 0 radical (unpaired) electrons. The van der Waals surface area contributed by atoms with Crippen molar-refractivity contribution in [3.05, 3.63) is 11.8 Å². The van der Waals surface area contributed by atoms with Gasteiger partial charge >= 0.3 is 0 Å². The summed E-state index contributed by atoms with van der Waals surface area (Å²) < 4.78 is 0. The Bertz CT molecular complexity index is 397. The Morgan fingerprint density at radius 3 is 3.00 bits per heavy atom. The lowest BCUT2D eigenvalue weighted by molar-refractivity contribution is 0.222. The second kappa shape index (κ2) is 6.00. The predicted molar refractivity (Wildman–Crippen MR) is 72.8 cm³/mol. The van der Waals surface area contributed by atoms with E-state index >= 15 is 0 Å². The third-order valence-corrected chi connectivity index (χ3v) is 3.52. The van der Waals surface area contributed by atoms with Gasteiger partial charge in [-0.2, -0.15) is 4.98 Å². The van der Waals surface area contributed by atoms with E-state index in [1.165, 1.54) is 6.42 Å². The highest BCUT2D eigenvalue weighted by Gasteiger charge is 2.27. The SMILES string of the molecule is CCNc1ncc(C)c(NC2CCCC2CO)n1. The van der Waals surface area contributed by atoms with E-state index in [0.717, 1.165) is 30.8 Å². The summed E-state index contributed by atoms with van der Waals surface area (Å²) in [4.78, 5) is 8.71. The largest absolute Gasteiger partial charge is 0.396 e. The van der Waals surface area contributed by atoms with Crippen molar-refractivity contribution >= 4 is 11.8 Å². The predicted octanol–water partition coefficient (Wildman–Crippen LogP) is 1.79. The van der Waals surface area contributed by atoms with Crippen molar-refractivity contribution in [3.63, 3.8) is 0 Å². The zero-order valence-corrected chi connectivity index (χ0v) is 11.1. The van der Waals surface area contributed by atoms with Crippen molar-refractivity contribution in [1.29, 1.82) is 0 Å². The van der Waals surface area contributed by atoms with Gasteiger partial charge in [0.25, 0.3) is 0 Å². The Morgan fingerprint density at radius 1 is 1.44 bits per heavy atom. The van der Waals surface area contributed by atoms with Gasteiger partial charge in [-0.3, -0.25) is 0 Å². The van der Waals surface area contributed by atoms with Crippen LogP contribution in [0.25, 0.3) is 0 Å². The average molecular weight is 250 g/mol. The Kier molecular flexibility index (Phi) is 4.36.